The standard InChI is InChI=1S/C14H28N2O2/c1-11(17)15-9-13(3,4)7-8-14(5,6)10-16-12(2)18/h7-10H2,1-6H3,(H,15,17)(H,16,18). The van der Waals surface area contributed by atoms with Crippen molar-refractivity contribution in [3.63, 3.8) is 0 Å². The first-order valence-corrected chi connectivity index (χ1v) is 6.53. The second kappa shape index (κ2) is 6.76. The minimum absolute atomic E-state index is 0.0144. The number of hydrogen-bond donors (Lipinski definition) is 2. The molecule has 2 N–H and O–H groups in total. The molecule has 0 saturated carbocycles. The quantitative estimate of drug-likeness (QED) is 0.733. The number of rotatable bonds is 7. The highest BCUT2D eigenvalue weighted by Gasteiger charge is 2.24. The molecule has 2 amide bonds. The Labute approximate surface area is 111 Å². The van der Waals surface area contributed by atoms with Crippen molar-refractivity contribution >= 4 is 11.8 Å². The van der Waals surface area contributed by atoms with Gasteiger partial charge in [-0.1, -0.05) is 27.7 Å². The van der Waals surface area contributed by atoms with Crippen LogP contribution in [-0.4, -0.2) is 24.9 Å². The zero-order valence-electron chi connectivity index (χ0n) is 12.6. The molecule has 0 aromatic heterocycles. The number of hydrogen-bond acceptors (Lipinski definition) is 2. The number of nitrogens with one attached hydrogen (secondary N) is 2. The predicted molar refractivity (Wildman–Crippen MR) is 74.2 cm³/mol. The molecule has 0 heterocycles. The lowest BCUT2D eigenvalue weighted by Gasteiger charge is -2.31. The molecular formula is C14H28N2O2. The van der Waals surface area contributed by atoms with Crippen molar-refractivity contribution < 1.29 is 9.59 Å². The number of carbonyl (C=O) groups excluding carboxylic acids is 2. The van der Waals surface area contributed by atoms with E-state index < -0.39 is 0 Å². The van der Waals surface area contributed by atoms with Crippen molar-refractivity contribution in [2.45, 2.75) is 54.4 Å². The summed E-state index contributed by atoms with van der Waals surface area (Å²) in [6.07, 6.45) is 2.03. The van der Waals surface area contributed by atoms with Crippen LogP contribution in [0.3, 0.4) is 0 Å². The largest absolute Gasteiger partial charge is 0.356 e. The Morgan fingerprint density at radius 1 is 0.778 bits per heavy atom. The molecule has 0 fully saturated rings. The SMILES string of the molecule is CC(=O)NCC(C)(C)CCC(C)(C)CNC(C)=O. The molecule has 18 heavy (non-hydrogen) atoms. The molecule has 0 unspecified atom stereocenters. The Hall–Kier alpha value is -1.06. The van der Waals surface area contributed by atoms with Gasteiger partial charge in [0.25, 0.3) is 0 Å². The first-order chi connectivity index (χ1) is 8.04. The number of amides is 2. The van der Waals surface area contributed by atoms with Gasteiger partial charge in [0.05, 0.1) is 0 Å². The van der Waals surface area contributed by atoms with Crippen LogP contribution in [0, 0.1) is 10.8 Å². The summed E-state index contributed by atoms with van der Waals surface area (Å²) < 4.78 is 0. The third-order valence-electron chi connectivity index (χ3n) is 3.11. The summed E-state index contributed by atoms with van der Waals surface area (Å²) in [5.41, 5.74) is 0.165. The maximum atomic E-state index is 10.9. The van der Waals surface area contributed by atoms with Crippen molar-refractivity contribution in [1.82, 2.24) is 10.6 Å². The minimum atomic E-state index is 0.0144. The molecule has 0 atom stereocenters. The average molecular weight is 256 g/mol. The molecule has 0 spiro atoms. The first-order valence-electron chi connectivity index (χ1n) is 6.53. The molecule has 0 radical (unpaired) electrons. The highest BCUT2D eigenvalue weighted by Crippen LogP contribution is 2.29. The van der Waals surface area contributed by atoms with E-state index in [4.69, 9.17) is 0 Å². The van der Waals surface area contributed by atoms with Gasteiger partial charge in [0.1, 0.15) is 0 Å². The fourth-order valence-corrected chi connectivity index (χ4v) is 1.58. The van der Waals surface area contributed by atoms with Crippen LogP contribution in [0.25, 0.3) is 0 Å². The van der Waals surface area contributed by atoms with Gasteiger partial charge in [0.2, 0.25) is 11.8 Å². The fourth-order valence-electron chi connectivity index (χ4n) is 1.58. The van der Waals surface area contributed by atoms with Crippen LogP contribution in [0.2, 0.25) is 0 Å². The van der Waals surface area contributed by atoms with E-state index in [0.29, 0.717) is 13.1 Å². The molecule has 0 aliphatic heterocycles. The van der Waals surface area contributed by atoms with Crippen molar-refractivity contribution in [3.8, 4) is 0 Å². The van der Waals surface area contributed by atoms with Crippen LogP contribution in [0.15, 0.2) is 0 Å². The smallest absolute Gasteiger partial charge is 0.216 e. The minimum Gasteiger partial charge on any atom is -0.356 e. The Bertz CT molecular complexity index is 266. The van der Waals surface area contributed by atoms with E-state index in [1.54, 1.807) is 0 Å². The van der Waals surface area contributed by atoms with E-state index in [0.717, 1.165) is 12.8 Å². The highest BCUT2D eigenvalue weighted by atomic mass is 16.2. The van der Waals surface area contributed by atoms with Gasteiger partial charge >= 0.3 is 0 Å². The molecule has 106 valence electrons. The van der Waals surface area contributed by atoms with E-state index >= 15 is 0 Å². The number of carbonyl (C=O) groups is 2. The molecule has 0 aliphatic carbocycles. The Balaban J connectivity index is 4.11. The summed E-state index contributed by atoms with van der Waals surface area (Å²) in [5, 5.41) is 5.73. The van der Waals surface area contributed by atoms with Gasteiger partial charge in [0.15, 0.2) is 0 Å². The van der Waals surface area contributed by atoms with Crippen LogP contribution < -0.4 is 10.6 Å². The monoisotopic (exact) mass is 256 g/mol. The summed E-state index contributed by atoms with van der Waals surface area (Å²) >= 11 is 0. The van der Waals surface area contributed by atoms with Crippen molar-refractivity contribution in [1.29, 1.82) is 0 Å². The third-order valence-corrected chi connectivity index (χ3v) is 3.11. The second-order valence-corrected chi connectivity index (χ2v) is 6.65. The van der Waals surface area contributed by atoms with Crippen LogP contribution >= 0.6 is 0 Å². The van der Waals surface area contributed by atoms with Gasteiger partial charge in [-0.25, -0.2) is 0 Å². The van der Waals surface area contributed by atoms with Crippen LogP contribution in [-0.2, 0) is 9.59 Å². The lowest BCUT2D eigenvalue weighted by Crippen LogP contribution is -2.36. The fraction of sp³-hybridized carbons (Fsp3) is 0.857. The zero-order valence-corrected chi connectivity index (χ0v) is 12.6. The molecular weight excluding hydrogens is 228 g/mol. The van der Waals surface area contributed by atoms with Crippen molar-refractivity contribution in [3.05, 3.63) is 0 Å². The lowest BCUT2D eigenvalue weighted by atomic mass is 9.79. The molecule has 4 nitrogen and oxygen atoms in total. The third kappa shape index (κ3) is 9.02. The summed E-state index contributed by atoms with van der Waals surface area (Å²) in [6, 6.07) is 0. The maximum Gasteiger partial charge on any atom is 0.216 e. The molecule has 4 heteroatoms. The lowest BCUT2D eigenvalue weighted by molar-refractivity contribution is -0.120. The second-order valence-electron chi connectivity index (χ2n) is 6.65. The van der Waals surface area contributed by atoms with E-state index in [9.17, 15) is 9.59 Å². The molecule has 0 rings (SSSR count). The molecule has 0 bridgehead atoms. The predicted octanol–water partition coefficient (Wildman–Crippen LogP) is 2.09. The van der Waals surface area contributed by atoms with E-state index in [2.05, 4.69) is 38.3 Å². The Morgan fingerprint density at radius 2 is 1.06 bits per heavy atom. The highest BCUT2D eigenvalue weighted by molar-refractivity contribution is 5.73. The maximum absolute atomic E-state index is 10.9. The van der Waals surface area contributed by atoms with Gasteiger partial charge in [-0.2, -0.15) is 0 Å². The normalized spacial score (nSPS) is 12.1. The molecule has 0 aromatic carbocycles. The topological polar surface area (TPSA) is 58.2 Å². The van der Waals surface area contributed by atoms with Crippen LogP contribution in [0.1, 0.15) is 54.4 Å². The summed E-state index contributed by atoms with van der Waals surface area (Å²) in [7, 11) is 0. The van der Waals surface area contributed by atoms with Crippen LogP contribution in [0.4, 0.5) is 0 Å². The molecule has 0 aromatic rings. The van der Waals surface area contributed by atoms with E-state index in [1.165, 1.54) is 13.8 Å². The van der Waals surface area contributed by atoms with Gasteiger partial charge in [-0.3, -0.25) is 9.59 Å². The Kier molecular flexibility index (Phi) is 6.36. The van der Waals surface area contributed by atoms with E-state index in [1.807, 2.05) is 0 Å². The van der Waals surface area contributed by atoms with Gasteiger partial charge in [-0.05, 0) is 23.7 Å². The Morgan fingerprint density at radius 3 is 1.28 bits per heavy atom. The van der Waals surface area contributed by atoms with Crippen LogP contribution in [0.5, 0.6) is 0 Å². The van der Waals surface area contributed by atoms with E-state index in [-0.39, 0.29) is 22.6 Å². The van der Waals surface area contributed by atoms with Gasteiger partial charge in [0, 0.05) is 26.9 Å². The molecule has 0 aliphatic rings. The summed E-state index contributed by atoms with van der Waals surface area (Å²) in [6.45, 7) is 13.1. The molecule has 0 saturated heterocycles. The first kappa shape index (κ1) is 16.9. The van der Waals surface area contributed by atoms with Gasteiger partial charge in [-0.15, -0.1) is 0 Å². The van der Waals surface area contributed by atoms with Gasteiger partial charge < -0.3 is 10.6 Å². The zero-order chi connectivity index (χ0) is 14.4. The van der Waals surface area contributed by atoms with Crippen molar-refractivity contribution in [2.75, 3.05) is 13.1 Å². The van der Waals surface area contributed by atoms with Crippen molar-refractivity contribution in [2.24, 2.45) is 10.8 Å². The average Bonchev–Trinajstić information content (AvgIpc) is 2.22. The summed E-state index contributed by atoms with van der Waals surface area (Å²) in [4.78, 5) is 21.8. The summed E-state index contributed by atoms with van der Waals surface area (Å²) in [5.74, 6) is 0.0289.